The summed E-state index contributed by atoms with van der Waals surface area (Å²) in [6.45, 7) is 11.4. The second kappa shape index (κ2) is 17.1. The zero-order valence-electron chi connectivity index (χ0n) is 22.8. The second-order valence-electron chi connectivity index (χ2n) is 9.73. The zero-order chi connectivity index (χ0) is 27.1. The molecule has 206 valence electrons. The molecular weight excluding hydrogens is 475 g/mol. The number of nitrogens with one attached hydrogen (secondary N) is 2. The number of esters is 2. The Morgan fingerprint density at radius 2 is 1.66 bits per heavy atom. The maximum absolute atomic E-state index is 13.2. The molecule has 0 aliphatic rings. The van der Waals surface area contributed by atoms with Gasteiger partial charge in [-0.25, -0.2) is 9.65 Å². The van der Waals surface area contributed by atoms with E-state index in [1.807, 2.05) is 0 Å². The number of amides is 1. The molecule has 35 heavy (non-hydrogen) atoms. The predicted molar refractivity (Wildman–Crippen MR) is 135 cm³/mol. The fraction of sp³-hybridized carbons (Fsp3) is 0.875. The highest BCUT2D eigenvalue weighted by Crippen LogP contribution is 2.47. The first-order valence-corrected chi connectivity index (χ1v) is 14.0. The van der Waals surface area contributed by atoms with Crippen molar-refractivity contribution in [2.45, 2.75) is 98.6 Å². The summed E-state index contributed by atoms with van der Waals surface area (Å²) in [4.78, 5) is 36.4. The van der Waals surface area contributed by atoms with Crippen LogP contribution >= 0.6 is 7.75 Å². The molecule has 0 radical (unpaired) electrons. The van der Waals surface area contributed by atoms with E-state index in [0.717, 1.165) is 19.3 Å². The molecule has 0 rings (SSSR count). The Morgan fingerprint density at radius 1 is 1.03 bits per heavy atom. The minimum absolute atomic E-state index is 0.0141. The molecule has 0 saturated carbocycles. The van der Waals surface area contributed by atoms with Crippen molar-refractivity contribution in [2.75, 3.05) is 27.4 Å². The van der Waals surface area contributed by atoms with Crippen molar-refractivity contribution in [1.29, 1.82) is 0 Å². The maximum atomic E-state index is 13.2. The van der Waals surface area contributed by atoms with Gasteiger partial charge in [-0.1, -0.05) is 60.3 Å². The molecular formula is C24H47N2O8P. The van der Waals surface area contributed by atoms with E-state index >= 15 is 0 Å². The van der Waals surface area contributed by atoms with Gasteiger partial charge in [-0.2, -0.15) is 0 Å². The monoisotopic (exact) mass is 522 g/mol. The van der Waals surface area contributed by atoms with Crippen LogP contribution in [-0.4, -0.2) is 57.4 Å². The Hall–Kier alpha value is -1.48. The molecule has 0 spiro atoms. The van der Waals surface area contributed by atoms with Crippen LogP contribution in [0, 0.1) is 11.3 Å². The number of rotatable bonds is 18. The fourth-order valence-electron chi connectivity index (χ4n) is 3.35. The molecule has 0 saturated heterocycles. The molecule has 0 bridgehead atoms. The lowest BCUT2D eigenvalue weighted by Crippen LogP contribution is -2.46. The average molecular weight is 523 g/mol. The van der Waals surface area contributed by atoms with Crippen molar-refractivity contribution in [3.8, 4) is 0 Å². The number of methoxy groups -OCH3 is 1. The Kier molecular flexibility index (Phi) is 16.3. The molecule has 0 aromatic heterocycles. The van der Waals surface area contributed by atoms with Crippen LogP contribution in [0.2, 0.25) is 0 Å². The summed E-state index contributed by atoms with van der Waals surface area (Å²) < 4.78 is 33.8. The summed E-state index contributed by atoms with van der Waals surface area (Å²) in [7, 11) is -1.62. The molecule has 0 fully saturated rings. The highest BCUT2D eigenvalue weighted by molar-refractivity contribution is 7.51. The van der Waals surface area contributed by atoms with Crippen molar-refractivity contribution in [1.82, 2.24) is 10.4 Å². The predicted octanol–water partition coefficient (Wildman–Crippen LogP) is 4.37. The first-order chi connectivity index (χ1) is 16.3. The highest BCUT2D eigenvalue weighted by atomic mass is 31.2. The van der Waals surface area contributed by atoms with Gasteiger partial charge in [0.2, 0.25) is 5.91 Å². The van der Waals surface area contributed by atoms with Gasteiger partial charge in [0.25, 0.3) is 0 Å². The summed E-state index contributed by atoms with van der Waals surface area (Å²) in [6, 6.07) is -0.981. The van der Waals surface area contributed by atoms with Crippen molar-refractivity contribution in [2.24, 2.45) is 11.3 Å². The number of hydrogen-bond donors (Lipinski definition) is 2. The third-order valence-corrected chi connectivity index (χ3v) is 7.29. The van der Waals surface area contributed by atoms with Crippen LogP contribution in [-0.2, 0) is 37.5 Å². The topological polar surface area (TPSA) is 129 Å². The van der Waals surface area contributed by atoms with E-state index in [1.165, 1.54) is 40.4 Å². The van der Waals surface area contributed by atoms with E-state index in [4.69, 9.17) is 13.8 Å². The van der Waals surface area contributed by atoms with Crippen LogP contribution in [0.4, 0.5) is 0 Å². The van der Waals surface area contributed by atoms with E-state index < -0.39 is 43.2 Å². The van der Waals surface area contributed by atoms with Gasteiger partial charge in [-0.05, 0) is 31.1 Å². The zero-order valence-corrected chi connectivity index (χ0v) is 23.7. The minimum Gasteiger partial charge on any atom is -0.469 e. The lowest BCUT2D eigenvalue weighted by atomic mass is 9.88. The summed E-state index contributed by atoms with van der Waals surface area (Å²) in [5.74, 6) is -0.993. The fourth-order valence-corrected chi connectivity index (χ4v) is 4.87. The van der Waals surface area contributed by atoms with Gasteiger partial charge < -0.3 is 19.3 Å². The van der Waals surface area contributed by atoms with Crippen LogP contribution in [0.3, 0.4) is 0 Å². The first-order valence-electron chi connectivity index (χ1n) is 12.5. The van der Waals surface area contributed by atoms with Crippen molar-refractivity contribution >= 4 is 25.6 Å². The maximum Gasteiger partial charge on any atom is 0.406 e. The summed E-state index contributed by atoms with van der Waals surface area (Å²) in [5.41, 5.74) is -0.761. The average Bonchev–Trinajstić information content (AvgIpc) is 2.80. The summed E-state index contributed by atoms with van der Waals surface area (Å²) >= 11 is 0. The molecule has 0 heterocycles. The quantitative estimate of drug-likeness (QED) is 0.153. The molecule has 2 unspecified atom stereocenters. The number of carbonyl (C=O) groups excluding carboxylic acids is 3. The third-order valence-electron chi connectivity index (χ3n) is 5.61. The second-order valence-corrected chi connectivity index (χ2v) is 11.6. The molecule has 0 aromatic carbocycles. The SMILES string of the molecule is CCCCC(CC)CCCOC(=O)[C@H](C)NP(=O)(OC)O[C@@H](C(=O)NCCC(=O)OC)C(C)(C)C. The number of carbonyl (C=O) groups is 3. The van der Waals surface area contributed by atoms with Crippen LogP contribution in [0.1, 0.15) is 86.5 Å². The van der Waals surface area contributed by atoms with Gasteiger partial charge in [0, 0.05) is 13.7 Å². The third kappa shape index (κ3) is 14.0. The van der Waals surface area contributed by atoms with Gasteiger partial charge in [0.05, 0.1) is 20.1 Å². The lowest BCUT2D eigenvalue weighted by molar-refractivity contribution is -0.145. The number of unbranched alkanes of at least 4 members (excludes halogenated alkanes) is 1. The van der Waals surface area contributed by atoms with E-state index in [1.54, 1.807) is 20.8 Å². The lowest BCUT2D eigenvalue weighted by Gasteiger charge is -2.32. The van der Waals surface area contributed by atoms with Crippen LogP contribution in [0.15, 0.2) is 0 Å². The van der Waals surface area contributed by atoms with Crippen LogP contribution < -0.4 is 10.4 Å². The molecule has 2 N–H and O–H groups in total. The molecule has 10 nitrogen and oxygen atoms in total. The molecule has 0 aliphatic carbocycles. The van der Waals surface area contributed by atoms with E-state index in [-0.39, 0.29) is 19.6 Å². The Morgan fingerprint density at radius 3 is 2.17 bits per heavy atom. The summed E-state index contributed by atoms with van der Waals surface area (Å²) in [6.07, 6.45) is 5.20. The number of hydrogen-bond acceptors (Lipinski definition) is 8. The van der Waals surface area contributed by atoms with Gasteiger partial charge in [-0.15, -0.1) is 0 Å². The van der Waals surface area contributed by atoms with E-state index in [0.29, 0.717) is 5.92 Å². The van der Waals surface area contributed by atoms with Gasteiger partial charge >= 0.3 is 19.7 Å². The van der Waals surface area contributed by atoms with Gasteiger partial charge in [0.1, 0.15) is 6.04 Å². The molecule has 4 atom stereocenters. The van der Waals surface area contributed by atoms with Crippen molar-refractivity contribution < 1.29 is 37.5 Å². The first kappa shape index (κ1) is 33.5. The van der Waals surface area contributed by atoms with Gasteiger partial charge in [-0.3, -0.25) is 18.9 Å². The largest absolute Gasteiger partial charge is 0.469 e. The standard InChI is InChI=1S/C24H47N2O8P/c1-9-11-13-19(10-2)14-12-17-33-23(29)18(3)26-35(30,32-8)34-21(24(4,5)6)22(28)25-16-15-20(27)31-7/h18-19,21H,9-17H2,1-8H3,(H,25,28)(H,26,30)/t18-,19?,21-,35?/m0/s1. The smallest absolute Gasteiger partial charge is 0.406 e. The Balaban J connectivity index is 4.93. The molecule has 1 amide bonds. The highest BCUT2D eigenvalue weighted by Gasteiger charge is 2.40. The van der Waals surface area contributed by atoms with Crippen LogP contribution in [0.25, 0.3) is 0 Å². The normalized spacial score (nSPS) is 16.0. The molecule has 0 aliphatic heterocycles. The van der Waals surface area contributed by atoms with E-state index in [2.05, 4.69) is 29.0 Å². The van der Waals surface area contributed by atoms with Crippen LogP contribution in [0.5, 0.6) is 0 Å². The Bertz CT molecular complexity index is 696. The molecule has 11 heteroatoms. The van der Waals surface area contributed by atoms with Crippen molar-refractivity contribution in [3.05, 3.63) is 0 Å². The van der Waals surface area contributed by atoms with E-state index in [9.17, 15) is 18.9 Å². The molecule has 0 aromatic rings. The Labute approximate surface area is 211 Å². The number of ether oxygens (including phenoxy) is 2. The van der Waals surface area contributed by atoms with Crippen molar-refractivity contribution in [3.63, 3.8) is 0 Å². The summed E-state index contributed by atoms with van der Waals surface area (Å²) in [5, 5.41) is 5.13. The van der Waals surface area contributed by atoms with Gasteiger partial charge in [0.15, 0.2) is 6.10 Å². The minimum atomic E-state index is -4.05.